The zero-order valence-corrected chi connectivity index (χ0v) is 14.0. The molecule has 5 nitrogen and oxygen atoms in total. The third-order valence-electron chi connectivity index (χ3n) is 3.40. The van der Waals surface area contributed by atoms with Gasteiger partial charge in [-0.1, -0.05) is 36.8 Å². The van der Waals surface area contributed by atoms with E-state index >= 15 is 0 Å². The number of carbonyl (C=O) groups excluding carboxylic acids is 1. The summed E-state index contributed by atoms with van der Waals surface area (Å²) in [6, 6.07) is 13.9. The number of aryl methyl sites for hydroxylation is 2. The molecule has 0 unspecified atom stereocenters. The predicted molar refractivity (Wildman–Crippen MR) is 90.8 cm³/mol. The quantitative estimate of drug-likeness (QED) is 0.853. The second-order valence-electron chi connectivity index (χ2n) is 5.24. The van der Waals surface area contributed by atoms with Crippen molar-refractivity contribution in [3.8, 4) is 0 Å². The minimum Gasteiger partial charge on any atom is -0.325 e. The topological polar surface area (TPSA) is 75.3 Å². The fourth-order valence-corrected chi connectivity index (χ4v) is 2.97. The predicted octanol–water partition coefficient (Wildman–Crippen LogP) is 2.47. The lowest BCUT2D eigenvalue weighted by Gasteiger charge is -2.08. The summed E-state index contributed by atoms with van der Waals surface area (Å²) in [6.45, 7) is 3.61. The van der Waals surface area contributed by atoms with Gasteiger partial charge in [-0.3, -0.25) is 4.79 Å². The molecule has 0 aliphatic heterocycles. The van der Waals surface area contributed by atoms with Crippen molar-refractivity contribution in [1.82, 2.24) is 4.72 Å². The monoisotopic (exact) mass is 332 g/mol. The molecule has 23 heavy (non-hydrogen) atoms. The van der Waals surface area contributed by atoms with E-state index in [0.717, 1.165) is 12.0 Å². The van der Waals surface area contributed by atoms with Crippen LogP contribution in [0.25, 0.3) is 0 Å². The molecule has 0 aliphatic rings. The molecule has 0 radical (unpaired) electrons. The second kappa shape index (κ2) is 7.39. The Morgan fingerprint density at radius 1 is 1.00 bits per heavy atom. The van der Waals surface area contributed by atoms with Crippen molar-refractivity contribution in [2.45, 2.75) is 25.2 Å². The molecule has 2 N–H and O–H groups in total. The zero-order chi connectivity index (χ0) is 16.9. The van der Waals surface area contributed by atoms with Gasteiger partial charge in [-0.15, -0.1) is 0 Å². The number of rotatable bonds is 6. The van der Waals surface area contributed by atoms with Gasteiger partial charge >= 0.3 is 0 Å². The summed E-state index contributed by atoms with van der Waals surface area (Å²) < 4.78 is 26.5. The van der Waals surface area contributed by atoms with Crippen LogP contribution in [-0.4, -0.2) is 20.9 Å². The third-order valence-corrected chi connectivity index (χ3v) is 4.82. The van der Waals surface area contributed by atoms with Crippen LogP contribution in [0.5, 0.6) is 0 Å². The van der Waals surface area contributed by atoms with Crippen molar-refractivity contribution in [2.75, 3.05) is 11.9 Å². The Balaban J connectivity index is 1.93. The smallest absolute Gasteiger partial charge is 0.241 e. The maximum Gasteiger partial charge on any atom is 0.241 e. The number of sulfonamides is 1. The van der Waals surface area contributed by atoms with Crippen LogP contribution in [0.2, 0.25) is 0 Å². The summed E-state index contributed by atoms with van der Waals surface area (Å²) in [6.07, 6.45) is 0.921. The van der Waals surface area contributed by atoms with E-state index in [1.807, 2.05) is 26.0 Å². The van der Waals surface area contributed by atoms with Gasteiger partial charge in [-0.2, -0.15) is 0 Å². The Bertz CT molecular complexity index is 766. The summed E-state index contributed by atoms with van der Waals surface area (Å²) in [4.78, 5) is 12.0. The highest BCUT2D eigenvalue weighted by molar-refractivity contribution is 7.89. The van der Waals surface area contributed by atoms with E-state index in [-0.39, 0.29) is 11.4 Å². The summed E-state index contributed by atoms with van der Waals surface area (Å²) in [7, 11) is -3.69. The minimum absolute atomic E-state index is 0.142. The highest BCUT2D eigenvalue weighted by atomic mass is 32.2. The first kappa shape index (κ1) is 17.2. The van der Waals surface area contributed by atoms with Gasteiger partial charge in [-0.05, 0) is 43.2 Å². The standard InChI is InChI=1S/C17H20N2O3S/c1-3-14-6-8-15(9-7-14)19-17(20)12-18-23(21,22)16-10-4-13(2)5-11-16/h4-11,18H,3,12H2,1-2H3,(H,19,20). The van der Waals surface area contributed by atoms with E-state index in [1.54, 1.807) is 24.3 Å². The highest BCUT2D eigenvalue weighted by Gasteiger charge is 2.15. The SMILES string of the molecule is CCc1ccc(NC(=O)CNS(=O)(=O)c2ccc(C)cc2)cc1. The van der Waals surface area contributed by atoms with Crippen molar-refractivity contribution in [1.29, 1.82) is 0 Å². The lowest BCUT2D eigenvalue weighted by atomic mass is 10.1. The Morgan fingerprint density at radius 2 is 1.61 bits per heavy atom. The number of carbonyl (C=O) groups is 1. The Hall–Kier alpha value is -2.18. The first-order valence-electron chi connectivity index (χ1n) is 7.36. The maximum absolute atomic E-state index is 12.1. The van der Waals surface area contributed by atoms with Crippen LogP contribution < -0.4 is 10.0 Å². The molecule has 2 rings (SSSR count). The molecular formula is C17H20N2O3S. The molecule has 2 aromatic rings. The van der Waals surface area contributed by atoms with Crippen molar-refractivity contribution in [3.05, 3.63) is 59.7 Å². The normalized spacial score (nSPS) is 11.2. The number of nitrogens with one attached hydrogen (secondary N) is 2. The molecule has 0 saturated carbocycles. The fraction of sp³-hybridized carbons (Fsp3) is 0.235. The lowest BCUT2D eigenvalue weighted by Crippen LogP contribution is -2.32. The van der Waals surface area contributed by atoms with Crippen LogP contribution in [0, 0.1) is 6.92 Å². The Labute approximate surface area is 136 Å². The molecule has 0 bridgehead atoms. The largest absolute Gasteiger partial charge is 0.325 e. The molecule has 1 amide bonds. The molecule has 0 heterocycles. The average Bonchev–Trinajstić information content (AvgIpc) is 2.54. The third kappa shape index (κ3) is 4.91. The molecule has 0 spiro atoms. The number of amides is 1. The number of hydrogen-bond donors (Lipinski definition) is 2. The van der Waals surface area contributed by atoms with Crippen LogP contribution in [0.15, 0.2) is 53.4 Å². The van der Waals surface area contributed by atoms with Crippen LogP contribution >= 0.6 is 0 Å². The van der Waals surface area contributed by atoms with Gasteiger partial charge in [-0.25, -0.2) is 13.1 Å². The zero-order valence-electron chi connectivity index (χ0n) is 13.2. The van der Waals surface area contributed by atoms with Crippen molar-refractivity contribution < 1.29 is 13.2 Å². The average molecular weight is 332 g/mol. The number of anilines is 1. The van der Waals surface area contributed by atoms with Crippen LogP contribution in [0.1, 0.15) is 18.1 Å². The highest BCUT2D eigenvalue weighted by Crippen LogP contribution is 2.11. The summed E-state index contributed by atoms with van der Waals surface area (Å²) >= 11 is 0. The van der Waals surface area contributed by atoms with E-state index < -0.39 is 15.9 Å². The number of hydrogen-bond acceptors (Lipinski definition) is 3. The van der Waals surface area contributed by atoms with Gasteiger partial charge in [0, 0.05) is 5.69 Å². The van der Waals surface area contributed by atoms with Gasteiger partial charge in [0.1, 0.15) is 0 Å². The van der Waals surface area contributed by atoms with Gasteiger partial charge in [0.15, 0.2) is 0 Å². The van der Waals surface area contributed by atoms with E-state index in [1.165, 1.54) is 17.7 Å². The molecule has 0 aliphatic carbocycles. The van der Waals surface area contributed by atoms with Crippen molar-refractivity contribution >= 4 is 21.6 Å². The summed E-state index contributed by atoms with van der Waals surface area (Å²) in [5, 5.41) is 2.66. The molecule has 6 heteroatoms. The van der Waals surface area contributed by atoms with Crippen LogP contribution in [0.3, 0.4) is 0 Å². The lowest BCUT2D eigenvalue weighted by molar-refractivity contribution is -0.115. The molecular weight excluding hydrogens is 312 g/mol. The molecule has 0 atom stereocenters. The first-order chi connectivity index (χ1) is 10.9. The Morgan fingerprint density at radius 3 is 2.17 bits per heavy atom. The second-order valence-corrected chi connectivity index (χ2v) is 7.00. The number of benzene rings is 2. The summed E-state index contributed by atoms with van der Waals surface area (Å²) in [5.41, 5.74) is 2.78. The molecule has 0 fully saturated rings. The minimum atomic E-state index is -3.69. The molecule has 122 valence electrons. The van der Waals surface area contributed by atoms with E-state index in [0.29, 0.717) is 5.69 Å². The van der Waals surface area contributed by atoms with Crippen molar-refractivity contribution in [3.63, 3.8) is 0 Å². The van der Waals surface area contributed by atoms with Crippen molar-refractivity contribution in [2.24, 2.45) is 0 Å². The molecule has 2 aromatic carbocycles. The van der Waals surface area contributed by atoms with E-state index in [9.17, 15) is 13.2 Å². The van der Waals surface area contributed by atoms with E-state index in [4.69, 9.17) is 0 Å². The maximum atomic E-state index is 12.1. The molecule has 0 saturated heterocycles. The summed E-state index contributed by atoms with van der Waals surface area (Å²) in [5.74, 6) is -0.412. The Kier molecular flexibility index (Phi) is 5.52. The first-order valence-corrected chi connectivity index (χ1v) is 8.84. The molecule has 0 aromatic heterocycles. The van der Waals surface area contributed by atoms with Crippen LogP contribution in [0.4, 0.5) is 5.69 Å². The van der Waals surface area contributed by atoms with Crippen LogP contribution in [-0.2, 0) is 21.2 Å². The van der Waals surface area contributed by atoms with Gasteiger partial charge in [0.2, 0.25) is 15.9 Å². The fourth-order valence-electron chi connectivity index (χ4n) is 1.99. The van der Waals surface area contributed by atoms with Gasteiger partial charge < -0.3 is 5.32 Å². The van der Waals surface area contributed by atoms with Gasteiger partial charge in [0.25, 0.3) is 0 Å². The van der Waals surface area contributed by atoms with E-state index in [2.05, 4.69) is 10.0 Å². The van der Waals surface area contributed by atoms with Gasteiger partial charge in [0.05, 0.1) is 11.4 Å².